The molecule has 1 heterocycles. The van der Waals surface area contributed by atoms with Crippen molar-refractivity contribution in [2.45, 2.75) is 18.6 Å². The third-order valence-electron chi connectivity index (χ3n) is 5.62. The smallest absolute Gasteiger partial charge is 0.123 e. The van der Waals surface area contributed by atoms with E-state index in [1.165, 1.54) is 28.8 Å². The molecule has 148 valence electrons. The van der Waals surface area contributed by atoms with Crippen molar-refractivity contribution in [1.82, 2.24) is 0 Å². The van der Waals surface area contributed by atoms with Gasteiger partial charge in [0, 0.05) is 6.42 Å². The van der Waals surface area contributed by atoms with E-state index in [0.29, 0.717) is 0 Å². The lowest BCUT2D eigenvalue weighted by atomic mass is 9.96. The molecule has 1 aliphatic rings. The van der Waals surface area contributed by atoms with Crippen LogP contribution in [0.1, 0.15) is 29.7 Å². The average Bonchev–Trinajstić information content (AvgIpc) is 3.26. The van der Waals surface area contributed by atoms with Crippen molar-refractivity contribution in [2.75, 3.05) is 5.06 Å². The SMILES string of the molecule is Fc1ccc(N2OC(c3ccccc3)CC2c2ccc(-c3ccccc3)cc2)cc1. The summed E-state index contributed by atoms with van der Waals surface area (Å²) in [6.45, 7) is 0. The predicted molar refractivity (Wildman–Crippen MR) is 118 cm³/mol. The fraction of sp³-hybridized carbons (Fsp3) is 0.111. The van der Waals surface area contributed by atoms with Gasteiger partial charge in [0.2, 0.25) is 0 Å². The summed E-state index contributed by atoms with van der Waals surface area (Å²) in [5, 5.41) is 1.93. The molecule has 1 saturated heterocycles. The Bertz CT molecular complexity index is 1100. The maximum Gasteiger partial charge on any atom is 0.123 e. The van der Waals surface area contributed by atoms with Crippen LogP contribution in [-0.2, 0) is 4.84 Å². The summed E-state index contributed by atoms with van der Waals surface area (Å²) in [5.41, 5.74) is 5.56. The molecule has 4 aromatic carbocycles. The summed E-state index contributed by atoms with van der Waals surface area (Å²) in [6, 6.07) is 35.8. The molecule has 30 heavy (non-hydrogen) atoms. The zero-order valence-electron chi connectivity index (χ0n) is 16.5. The van der Waals surface area contributed by atoms with Crippen LogP contribution in [0, 0.1) is 5.82 Å². The zero-order valence-corrected chi connectivity index (χ0v) is 16.5. The molecule has 1 fully saturated rings. The first-order chi connectivity index (χ1) is 14.8. The Morgan fingerprint density at radius 1 is 0.633 bits per heavy atom. The molecule has 0 N–H and O–H groups in total. The quantitative estimate of drug-likeness (QED) is 0.365. The number of hydrogen-bond donors (Lipinski definition) is 0. The van der Waals surface area contributed by atoms with Crippen molar-refractivity contribution in [2.24, 2.45) is 0 Å². The van der Waals surface area contributed by atoms with Crippen LogP contribution in [0.15, 0.2) is 109 Å². The topological polar surface area (TPSA) is 12.5 Å². The van der Waals surface area contributed by atoms with Crippen molar-refractivity contribution < 1.29 is 9.23 Å². The molecule has 5 rings (SSSR count). The first kappa shape index (κ1) is 18.6. The van der Waals surface area contributed by atoms with Crippen LogP contribution in [0.2, 0.25) is 0 Å². The van der Waals surface area contributed by atoms with Gasteiger partial charge in [0.1, 0.15) is 11.9 Å². The normalized spacial score (nSPS) is 18.5. The lowest BCUT2D eigenvalue weighted by Gasteiger charge is -2.25. The van der Waals surface area contributed by atoms with Crippen LogP contribution >= 0.6 is 0 Å². The number of anilines is 1. The largest absolute Gasteiger partial charge is 0.265 e. The summed E-state index contributed by atoms with van der Waals surface area (Å²) in [5.74, 6) is -0.249. The maximum absolute atomic E-state index is 13.5. The van der Waals surface area contributed by atoms with Crippen LogP contribution in [0.5, 0.6) is 0 Å². The van der Waals surface area contributed by atoms with Crippen LogP contribution in [0.4, 0.5) is 10.1 Å². The molecule has 1 aliphatic heterocycles. The lowest BCUT2D eigenvalue weighted by molar-refractivity contribution is 0.0836. The molecule has 2 atom stereocenters. The molecule has 0 aromatic heterocycles. The van der Waals surface area contributed by atoms with Crippen LogP contribution in [0.25, 0.3) is 11.1 Å². The van der Waals surface area contributed by atoms with Crippen LogP contribution in [-0.4, -0.2) is 0 Å². The second kappa shape index (κ2) is 8.13. The summed E-state index contributed by atoms with van der Waals surface area (Å²) in [7, 11) is 0. The average molecular weight is 395 g/mol. The third-order valence-corrected chi connectivity index (χ3v) is 5.62. The fourth-order valence-corrected chi connectivity index (χ4v) is 4.05. The molecule has 2 nitrogen and oxygen atoms in total. The van der Waals surface area contributed by atoms with Gasteiger partial charge in [-0.15, -0.1) is 0 Å². The highest BCUT2D eigenvalue weighted by atomic mass is 19.1. The molecular weight excluding hydrogens is 373 g/mol. The number of rotatable bonds is 4. The first-order valence-electron chi connectivity index (χ1n) is 10.2. The van der Waals surface area contributed by atoms with Crippen molar-refractivity contribution in [3.63, 3.8) is 0 Å². The van der Waals surface area contributed by atoms with E-state index in [1.807, 2.05) is 29.3 Å². The van der Waals surface area contributed by atoms with Gasteiger partial charge >= 0.3 is 0 Å². The summed E-state index contributed by atoms with van der Waals surface area (Å²) in [4.78, 5) is 6.37. The van der Waals surface area contributed by atoms with Crippen LogP contribution < -0.4 is 5.06 Å². The summed E-state index contributed by atoms with van der Waals surface area (Å²) < 4.78 is 13.5. The van der Waals surface area contributed by atoms with E-state index < -0.39 is 0 Å². The molecule has 4 aromatic rings. The molecule has 0 bridgehead atoms. The van der Waals surface area contributed by atoms with E-state index >= 15 is 0 Å². The molecule has 0 saturated carbocycles. The number of halogens is 1. The van der Waals surface area contributed by atoms with E-state index in [1.54, 1.807) is 12.1 Å². The predicted octanol–water partition coefficient (Wildman–Crippen LogP) is 7.12. The molecule has 0 radical (unpaired) electrons. The minimum Gasteiger partial charge on any atom is -0.265 e. The van der Waals surface area contributed by atoms with Crippen molar-refractivity contribution >= 4 is 5.69 Å². The molecular formula is C27H22FNO. The fourth-order valence-electron chi connectivity index (χ4n) is 4.05. The van der Waals surface area contributed by atoms with Gasteiger partial charge in [0.05, 0.1) is 11.7 Å². The van der Waals surface area contributed by atoms with E-state index in [-0.39, 0.29) is 18.0 Å². The van der Waals surface area contributed by atoms with E-state index in [2.05, 4.69) is 60.7 Å². The minimum absolute atomic E-state index is 0.0462. The van der Waals surface area contributed by atoms with Gasteiger partial charge in [0.15, 0.2) is 0 Å². The highest BCUT2D eigenvalue weighted by Gasteiger charge is 2.35. The van der Waals surface area contributed by atoms with E-state index in [4.69, 9.17) is 4.84 Å². The Labute approximate surface area is 176 Å². The zero-order chi connectivity index (χ0) is 20.3. The number of hydrogen-bond acceptors (Lipinski definition) is 2. The van der Waals surface area contributed by atoms with Crippen molar-refractivity contribution in [3.8, 4) is 11.1 Å². The van der Waals surface area contributed by atoms with Gasteiger partial charge in [-0.25, -0.2) is 9.45 Å². The van der Waals surface area contributed by atoms with Gasteiger partial charge in [-0.3, -0.25) is 4.84 Å². The summed E-state index contributed by atoms with van der Waals surface area (Å²) >= 11 is 0. The second-order valence-corrected chi connectivity index (χ2v) is 7.55. The Balaban J connectivity index is 1.48. The number of nitrogens with zero attached hydrogens (tertiary/aromatic N) is 1. The monoisotopic (exact) mass is 395 g/mol. The molecule has 0 amide bonds. The van der Waals surface area contributed by atoms with Gasteiger partial charge < -0.3 is 0 Å². The highest BCUT2D eigenvalue weighted by molar-refractivity contribution is 5.63. The summed E-state index contributed by atoms with van der Waals surface area (Å²) in [6.07, 6.45) is 0.779. The molecule has 0 spiro atoms. The standard InChI is InChI=1S/C27H22FNO/c28-24-15-17-25(18-16-24)29-26(19-27(30-29)23-9-5-2-6-10-23)22-13-11-21(12-14-22)20-7-3-1-4-8-20/h1-18,26-27H,19H2. The second-order valence-electron chi connectivity index (χ2n) is 7.55. The van der Waals surface area contributed by atoms with Gasteiger partial charge in [0.25, 0.3) is 0 Å². The Morgan fingerprint density at radius 3 is 1.90 bits per heavy atom. The van der Waals surface area contributed by atoms with Gasteiger partial charge in [-0.05, 0) is 46.5 Å². The van der Waals surface area contributed by atoms with Crippen molar-refractivity contribution in [1.29, 1.82) is 0 Å². The van der Waals surface area contributed by atoms with Crippen LogP contribution in [0.3, 0.4) is 0 Å². The third kappa shape index (κ3) is 3.72. The number of hydroxylamine groups is 1. The molecule has 0 aliphatic carbocycles. The Kier molecular flexibility index (Phi) is 5.04. The molecule has 3 heteroatoms. The lowest BCUT2D eigenvalue weighted by Crippen LogP contribution is -2.21. The number of benzene rings is 4. The maximum atomic E-state index is 13.5. The highest BCUT2D eigenvalue weighted by Crippen LogP contribution is 2.44. The Hall–Kier alpha value is -3.43. The minimum atomic E-state index is -0.249. The molecule has 2 unspecified atom stereocenters. The van der Waals surface area contributed by atoms with E-state index in [9.17, 15) is 4.39 Å². The van der Waals surface area contributed by atoms with Gasteiger partial charge in [-0.2, -0.15) is 0 Å². The first-order valence-corrected chi connectivity index (χ1v) is 10.2. The van der Waals surface area contributed by atoms with Gasteiger partial charge in [-0.1, -0.05) is 84.9 Å². The Morgan fingerprint density at radius 2 is 1.23 bits per heavy atom. The van der Waals surface area contributed by atoms with E-state index in [0.717, 1.165) is 17.7 Å². The van der Waals surface area contributed by atoms with Crippen molar-refractivity contribution in [3.05, 3.63) is 126 Å².